The number of benzene rings is 1. The molecule has 2 aromatic rings. The molecular weight excluding hydrogens is 375 g/mol. The average molecular weight is 389 g/mol. The van der Waals surface area contributed by atoms with E-state index in [1.165, 1.54) is 11.3 Å². The highest BCUT2D eigenvalue weighted by Crippen LogP contribution is 2.27. The first-order valence-corrected chi connectivity index (χ1v) is 8.57. The molecule has 0 saturated heterocycles. The molecule has 1 aromatic carbocycles. The lowest BCUT2D eigenvalue weighted by Crippen LogP contribution is -2.29. The van der Waals surface area contributed by atoms with Gasteiger partial charge in [0, 0.05) is 10.4 Å². The molecule has 6 nitrogen and oxygen atoms in total. The number of nitrogens with one attached hydrogen (secondary N) is 1. The van der Waals surface area contributed by atoms with Crippen molar-refractivity contribution in [1.82, 2.24) is 10.3 Å². The number of aromatic nitrogens is 1. The molecule has 9 heteroatoms. The lowest BCUT2D eigenvalue weighted by Gasteiger charge is -2.09. The summed E-state index contributed by atoms with van der Waals surface area (Å²) in [6.07, 6.45) is -0.0419. The molecule has 1 amide bonds. The first-order chi connectivity index (χ1) is 11.4. The molecule has 2 N–H and O–H groups in total. The number of carbonyl (C=O) groups is 2. The number of rotatable bonds is 8. The van der Waals surface area contributed by atoms with Crippen LogP contribution in [-0.2, 0) is 22.4 Å². The number of carboxylic acid groups (broad SMARTS) is 1. The van der Waals surface area contributed by atoms with Crippen LogP contribution in [0.3, 0.4) is 0 Å². The molecule has 0 atom stereocenters. The second kappa shape index (κ2) is 8.86. The fraction of sp³-hybridized carbons (Fsp3) is 0.267. The van der Waals surface area contributed by atoms with Gasteiger partial charge >= 0.3 is 5.97 Å². The van der Waals surface area contributed by atoms with Gasteiger partial charge in [-0.3, -0.25) is 9.59 Å². The van der Waals surface area contributed by atoms with Crippen LogP contribution in [0.25, 0.3) is 0 Å². The van der Waals surface area contributed by atoms with Gasteiger partial charge in [-0.25, -0.2) is 4.98 Å². The van der Waals surface area contributed by atoms with Gasteiger partial charge in [-0.1, -0.05) is 23.2 Å². The highest BCUT2D eigenvalue weighted by atomic mass is 35.5. The summed E-state index contributed by atoms with van der Waals surface area (Å²) >= 11 is 13.0. The Balaban J connectivity index is 1.71. The zero-order valence-corrected chi connectivity index (χ0v) is 14.7. The fourth-order valence-electron chi connectivity index (χ4n) is 1.81. The predicted molar refractivity (Wildman–Crippen MR) is 92.1 cm³/mol. The second-order valence-electron chi connectivity index (χ2n) is 4.75. The number of hydrogen-bond acceptors (Lipinski definition) is 5. The number of carboxylic acids is 1. The molecule has 0 fully saturated rings. The zero-order chi connectivity index (χ0) is 17.5. The van der Waals surface area contributed by atoms with E-state index < -0.39 is 5.97 Å². The Bertz CT molecular complexity index is 736. The molecule has 1 heterocycles. The number of hydrogen-bond donors (Lipinski definition) is 2. The molecule has 128 valence electrons. The van der Waals surface area contributed by atoms with Crippen LogP contribution in [0.15, 0.2) is 23.6 Å². The lowest BCUT2D eigenvalue weighted by molar-refractivity contribution is -0.136. The Labute approximate surface area is 152 Å². The van der Waals surface area contributed by atoms with E-state index in [2.05, 4.69) is 10.3 Å². The van der Waals surface area contributed by atoms with Gasteiger partial charge in [-0.2, -0.15) is 0 Å². The Morgan fingerprint density at radius 3 is 2.79 bits per heavy atom. The largest absolute Gasteiger partial charge is 0.490 e. The molecule has 0 bridgehead atoms. The van der Waals surface area contributed by atoms with E-state index in [9.17, 15) is 9.59 Å². The standard InChI is InChI=1S/C15H14Cl2N2O4S/c16-9-1-2-12(11(17)5-9)23-4-3-18-13(20)7-14-19-10(8-24-14)6-15(21)22/h1-2,5,8H,3-4,6-7H2,(H,18,20)(H,21,22). The van der Waals surface area contributed by atoms with Crippen molar-refractivity contribution in [2.75, 3.05) is 13.2 Å². The Kier molecular flexibility index (Phi) is 6.84. The summed E-state index contributed by atoms with van der Waals surface area (Å²) in [5, 5.41) is 14.5. The van der Waals surface area contributed by atoms with Crippen molar-refractivity contribution in [2.45, 2.75) is 12.8 Å². The molecule has 0 aliphatic carbocycles. The summed E-state index contributed by atoms with van der Waals surface area (Å²) in [5.41, 5.74) is 0.455. The molecule has 0 saturated carbocycles. The lowest BCUT2D eigenvalue weighted by atomic mass is 10.3. The van der Waals surface area contributed by atoms with Gasteiger partial charge in [-0.15, -0.1) is 11.3 Å². The van der Waals surface area contributed by atoms with Crippen LogP contribution in [0.2, 0.25) is 10.0 Å². The minimum absolute atomic E-state index is 0.103. The number of ether oxygens (including phenoxy) is 1. The van der Waals surface area contributed by atoms with Crippen LogP contribution >= 0.6 is 34.5 Å². The van der Waals surface area contributed by atoms with Crippen molar-refractivity contribution in [2.24, 2.45) is 0 Å². The van der Waals surface area contributed by atoms with Gasteiger partial charge in [0.2, 0.25) is 5.91 Å². The highest BCUT2D eigenvalue weighted by molar-refractivity contribution is 7.09. The number of aliphatic carboxylic acids is 1. The van der Waals surface area contributed by atoms with Crippen molar-refractivity contribution in [3.8, 4) is 5.75 Å². The Morgan fingerprint density at radius 1 is 1.29 bits per heavy atom. The SMILES string of the molecule is O=C(O)Cc1csc(CC(=O)NCCOc2ccc(Cl)cc2Cl)n1. The number of carbonyl (C=O) groups excluding carboxylic acids is 1. The molecule has 24 heavy (non-hydrogen) atoms. The minimum Gasteiger partial charge on any atom is -0.490 e. The summed E-state index contributed by atoms with van der Waals surface area (Å²) in [6.45, 7) is 0.570. The van der Waals surface area contributed by atoms with Crippen molar-refractivity contribution < 1.29 is 19.4 Å². The normalized spacial score (nSPS) is 10.4. The molecule has 0 spiro atoms. The van der Waals surface area contributed by atoms with Gasteiger partial charge < -0.3 is 15.2 Å². The van der Waals surface area contributed by atoms with E-state index in [1.807, 2.05) is 0 Å². The number of nitrogens with zero attached hydrogens (tertiary/aromatic N) is 1. The van der Waals surface area contributed by atoms with E-state index in [1.54, 1.807) is 23.6 Å². The molecule has 2 rings (SSSR count). The summed E-state index contributed by atoms with van der Waals surface area (Å²) < 4.78 is 5.46. The number of thiazole rings is 1. The zero-order valence-electron chi connectivity index (χ0n) is 12.4. The molecule has 0 aliphatic rings. The van der Waals surface area contributed by atoms with E-state index >= 15 is 0 Å². The maximum atomic E-state index is 11.8. The van der Waals surface area contributed by atoms with E-state index in [-0.39, 0.29) is 25.4 Å². The minimum atomic E-state index is -0.950. The number of halogens is 2. The van der Waals surface area contributed by atoms with Gasteiger partial charge in [0.25, 0.3) is 0 Å². The van der Waals surface area contributed by atoms with E-state index in [4.69, 9.17) is 33.0 Å². The third kappa shape index (κ3) is 5.99. The van der Waals surface area contributed by atoms with Crippen LogP contribution in [-0.4, -0.2) is 35.1 Å². The molecular formula is C15H14Cl2N2O4S. The van der Waals surface area contributed by atoms with E-state index in [0.29, 0.717) is 33.0 Å². The second-order valence-corrected chi connectivity index (χ2v) is 6.54. The van der Waals surface area contributed by atoms with Gasteiger partial charge in [-0.05, 0) is 18.2 Å². The van der Waals surface area contributed by atoms with Crippen LogP contribution < -0.4 is 10.1 Å². The van der Waals surface area contributed by atoms with Crippen LogP contribution in [0.5, 0.6) is 5.75 Å². The van der Waals surface area contributed by atoms with E-state index in [0.717, 1.165) is 0 Å². The van der Waals surface area contributed by atoms with Crippen molar-refractivity contribution in [1.29, 1.82) is 0 Å². The predicted octanol–water partition coefficient (Wildman–Crippen LogP) is 2.81. The molecule has 1 aromatic heterocycles. The van der Waals surface area contributed by atoms with Crippen molar-refractivity contribution in [3.05, 3.63) is 44.3 Å². The maximum absolute atomic E-state index is 11.8. The Morgan fingerprint density at radius 2 is 2.08 bits per heavy atom. The highest BCUT2D eigenvalue weighted by Gasteiger charge is 2.10. The van der Waals surface area contributed by atoms with Crippen molar-refractivity contribution in [3.63, 3.8) is 0 Å². The topological polar surface area (TPSA) is 88.5 Å². The van der Waals surface area contributed by atoms with Crippen LogP contribution in [0, 0.1) is 0 Å². The molecule has 0 unspecified atom stereocenters. The van der Waals surface area contributed by atoms with Crippen LogP contribution in [0.1, 0.15) is 10.7 Å². The summed E-state index contributed by atoms with van der Waals surface area (Å²) in [6, 6.07) is 4.90. The van der Waals surface area contributed by atoms with Crippen molar-refractivity contribution >= 4 is 46.4 Å². The van der Waals surface area contributed by atoms with Crippen LogP contribution in [0.4, 0.5) is 0 Å². The number of amides is 1. The first kappa shape index (κ1) is 18.5. The molecule has 0 radical (unpaired) electrons. The third-order valence-electron chi connectivity index (χ3n) is 2.82. The smallest absolute Gasteiger partial charge is 0.309 e. The maximum Gasteiger partial charge on any atom is 0.309 e. The average Bonchev–Trinajstić information content (AvgIpc) is 2.91. The summed E-state index contributed by atoms with van der Waals surface area (Å²) in [4.78, 5) is 26.5. The third-order valence-corrected chi connectivity index (χ3v) is 4.25. The van der Waals surface area contributed by atoms with Gasteiger partial charge in [0.1, 0.15) is 17.4 Å². The molecule has 0 aliphatic heterocycles. The summed E-state index contributed by atoms with van der Waals surface area (Å²) in [7, 11) is 0. The van der Waals surface area contributed by atoms with Gasteiger partial charge in [0.05, 0.1) is 30.1 Å². The summed E-state index contributed by atoms with van der Waals surface area (Å²) in [5.74, 6) is -0.667. The Hall–Kier alpha value is -1.83. The monoisotopic (exact) mass is 388 g/mol. The first-order valence-electron chi connectivity index (χ1n) is 6.93. The fourth-order valence-corrected chi connectivity index (χ4v) is 3.07. The quantitative estimate of drug-likeness (QED) is 0.678. The van der Waals surface area contributed by atoms with Gasteiger partial charge in [0.15, 0.2) is 0 Å².